The number of amides is 1. The molecule has 0 heterocycles. The SMILES string of the molecule is C[C@@H](C(=O)NCc1cccc(C(F)(F)F)c1)N(c1ccc(Cl)c(Cl)c1)S(C)(=O)=O. The lowest BCUT2D eigenvalue weighted by atomic mass is 10.1. The molecule has 158 valence electrons. The van der Waals surface area contributed by atoms with Gasteiger partial charge in [-0.15, -0.1) is 0 Å². The molecule has 2 aromatic rings. The maximum absolute atomic E-state index is 12.8. The van der Waals surface area contributed by atoms with Crippen LogP contribution < -0.4 is 9.62 Å². The van der Waals surface area contributed by atoms with Gasteiger partial charge in [0.2, 0.25) is 15.9 Å². The summed E-state index contributed by atoms with van der Waals surface area (Å²) in [6, 6.07) is 7.40. The zero-order valence-electron chi connectivity index (χ0n) is 15.3. The molecule has 5 nitrogen and oxygen atoms in total. The number of sulfonamides is 1. The maximum atomic E-state index is 12.8. The van der Waals surface area contributed by atoms with E-state index in [0.717, 1.165) is 22.7 Å². The van der Waals surface area contributed by atoms with Gasteiger partial charge >= 0.3 is 6.18 Å². The molecule has 1 atom stereocenters. The Kier molecular flexibility index (Phi) is 7.08. The van der Waals surface area contributed by atoms with Crippen LogP contribution in [-0.2, 0) is 27.5 Å². The van der Waals surface area contributed by atoms with Crippen molar-refractivity contribution in [3.05, 3.63) is 63.6 Å². The summed E-state index contributed by atoms with van der Waals surface area (Å²) in [6.07, 6.45) is -3.58. The van der Waals surface area contributed by atoms with Gasteiger partial charge in [-0.05, 0) is 42.8 Å². The molecule has 0 radical (unpaired) electrons. The topological polar surface area (TPSA) is 66.5 Å². The van der Waals surface area contributed by atoms with E-state index in [1.54, 1.807) is 0 Å². The van der Waals surface area contributed by atoms with Crippen LogP contribution in [0.4, 0.5) is 18.9 Å². The van der Waals surface area contributed by atoms with Crippen molar-refractivity contribution in [1.82, 2.24) is 5.32 Å². The van der Waals surface area contributed by atoms with Gasteiger partial charge in [-0.3, -0.25) is 9.10 Å². The zero-order valence-corrected chi connectivity index (χ0v) is 17.6. The molecule has 1 amide bonds. The molecule has 0 aliphatic heterocycles. The first-order valence-corrected chi connectivity index (χ1v) is 10.8. The molecule has 11 heteroatoms. The number of hydrogen-bond acceptors (Lipinski definition) is 3. The van der Waals surface area contributed by atoms with Crippen molar-refractivity contribution >= 4 is 44.8 Å². The van der Waals surface area contributed by atoms with Crippen LogP contribution in [0.3, 0.4) is 0 Å². The molecule has 0 saturated carbocycles. The van der Waals surface area contributed by atoms with Gasteiger partial charge < -0.3 is 5.32 Å². The quantitative estimate of drug-likeness (QED) is 0.679. The first-order valence-electron chi connectivity index (χ1n) is 8.19. The Bertz CT molecular complexity index is 1010. The van der Waals surface area contributed by atoms with Crippen LogP contribution in [0.5, 0.6) is 0 Å². The molecular formula is C18H17Cl2F3N2O3S. The molecule has 1 N–H and O–H groups in total. The van der Waals surface area contributed by atoms with Crippen molar-refractivity contribution in [1.29, 1.82) is 0 Å². The van der Waals surface area contributed by atoms with Crippen molar-refractivity contribution in [2.75, 3.05) is 10.6 Å². The lowest BCUT2D eigenvalue weighted by Crippen LogP contribution is -2.47. The van der Waals surface area contributed by atoms with E-state index in [4.69, 9.17) is 23.2 Å². The number of alkyl halides is 3. The van der Waals surface area contributed by atoms with E-state index in [9.17, 15) is 26.4 Å². The van der Waals surface area contributed by atoms with Crippen molar-refractivity contribution < 1.29 is 26.4 Å². The van der Waals surface area contributed by atoms with Crippen LogP contribution in [0.15, 0.2) is 42.5 Å². The Morgan fingerprint density at radius 2 is 1.79 bits per heavy atom. The Labute approximate surface area is 176 Å². The maximum Gasteiger partial charge on any atom is 0.416 e. The highest BCUT2D eigenvalue weighted by atomic mass is 35.5. The summed E-state index contributed by atoms with van der Waals surface area (Å²) < 4.78 is 63.8. The number of rotatable bonds is 6. The number of nitrogens with one attached hydrogen (secondary N) is 1. The van der Waals surface area contributed by atoms with Crippen LogP contribution in [0.25, 0.3) is 0 Å². The standard InChI is InChI=1S/C18H17Cl2F3N2O3S/c1-11(25(29(2,27)28)14-6-7-15(19)16(20)9-14)17(26)24-10-12-4-3-5-13(8-12)18(21,22)23/h3-9,11H,10H2,1-2H3,(H,24,26)/t11-/m0/s1. The molecule has 0 saturated heterocycles. The number of carbonyl (C=O) groups is 1. The molecule has 0 aliphatic carbocycles. The molecule has 2 aromatic carbocycles. The van der Waals surface area contributed by atoms with Crippen molar-refractivity contribution in [3.8, 4) is 0 Å². The zero-order chi connectivity index (χ0) is 22.0. The Morgan fingerprint density at radius 1 is 1.14 bits per heavy atom. The lowest BCUT2D eigenvalue weighted by Gasteiger charge is -2.28. The number of carbonyl (C=O) groups excluding carboxylic acids is 1. The lowest BCUT2D eigenvalue weighted by molar-refractivity contribution is -0.137. The largest absolute Gasteiger partial charge is 0.416 e. The minimum atomic E-state index is -4.51. The normalized spacial score (nSPS) is 13.1. The van der Waals surface area contributed by atoms with E-state index >= 15 is 0 Å². The summed E-state index contributed by atoms with van der Waals surface area (Å²) in [5, 5.41) is 2.77. The van der Waals surface area contributed by atoms with Crippen LogP contribution in [0.1, 0.15) is 18.1 Å². The van der Waals surface area contributed by atoms with Crippen LogP contribution in [0.2, 0.25) is 10.0 Å². The fraction of sp³-hybridized carbons (Fsp3) is 0.278. The van der Waals surface area contributed by atoms with Gasteiger partial charge in [-0.25, -0.2) is 8.42 Å². The van der Waals surface area contributed by atoms with E-state index in [2.05, 4.69) is 5.32 Å². The van der Waals surface area contributed by atoms with Gasteiger partial charge in [-0.1, -0.05) is 35.3 Å². The summed E-state index contributed by atoms with van der Waals surface area (Å²) in [7, 11) is -3.88. The van der Waals surface area contributed by atoms with Crippen molar-refractivity contribution in [2.24, 2.45) is 0 Å². The third-order valence-electron chi connectivity index (χ3n) is 3.97. The third kappa shape index (κ3) is 6.01. The predicted molar refractivity (Wildman–Crippen MR) is 107 cm³/mol. The molecule has 0 spiro atoms. The summed E-state index contributed by atoms with van der Waals surface area (Å²) >= 11 is 11.8. The van der Waals surface area contributed by atoms with Gasteiger partial charge in [-0.2, -0.15) is 13.2 Å². The third-order valence-corrected chi connectivity index (χ3v) is 5.95. The van der Waals surface area contributed by atoms with Gasteiger partial charge in [0.25, 0.3) is 0 Å². The van der Waals surface area contributed by atoms with E-state index in [1.165, 1.54) is 37.3 Å². The fourth-order valence-electron chi connectivity index (χ4n) is 2.63. The highest BCUT2D eigenvalue weighted by Crippen LogP contribution is 2.30. The minimum Gasteiger partial charge on any atom is -0.350 e. The van der Waals surface area contributed by atoms with Crippen molar-refractivity contribution in [2.45, 2.75) is 25.7 Å². The average molecular weight is 469 g/mol. The number of benzene rings is 2. The molecule has 0 unspecified atom stereocenters. The molecular weight excluding hydrogens is 452 g/mol. The minimum absolute atomic E-state index is 0.106. The van der Waals surface area contributed by atoms with E-state index in [1.807, 2.05) is 0 Å². The van der Waals surface area contributed by atoms with E-state index in [-0.39, 0.29) is 27.8 Å². The highest BCUT2D eigenvalue weighted by Gasteiger charge is 2.31. The number of hydrogen-bond donors (Lipinski definition) is 1. The second-order valence-electron chi connectivity index (χ2n) is 6.25. The smallest absolute Gasteiger partial charge is 0.350 e. The number of nitrogens with zero attached hydrogens (tertiary/aromatic N) is 1. The van der Waals surface area contributed by atoms with Crippen LogP contribution in [0, 0.1) is 0 Å². The Hall–Kier alpha value is -1.97. The first-order chi connectivity index (χ1) is 13.3. The van der Waals surface area contributed by atoms with Crippen molar-refractivity contribution in [3.63, 3.8) is 0 Å². The fourth-order valence-corrected chi connectivity index (χ4v) is 4.08. The second kappa shape index (κ2) is 8.81. The van der Waals surface area contributed by atoms with Gasteiger partial charge in [0, 0.05) is 6.54 Å². The van der Waals surface area contributed by atoms with Crippen LogP contribution in [-0.4, -0.2) is 26.6 Å². The number of halogens is 5. The monoisotopic (exact) mass is 468 g/mol. The van der Waals surface area contributed by atoms with Gasteiger partial charge in [0.05, 0.1) is 27.6 Å². The molecule has 29 heavy (non-hydrogen) atoms. The average Bonchev–Trinajstić information content (AvgIpc) is 2.61. The second-order valence-corrected chi connectivity index (χ2v) is 8.92. The number of anilines is 1. The molecule has 0 fully saturated rings. The highest BCUT2D eigenvalue weighted by molar-refractivity contribution is 7.92. The molecule has 0 aromatic heterocycles. The molecule has 2 rings (SSSR count). The van der Waals surface area contributed by atoms with Gasteiger partial charge in [0.1, 0.15) is 6.04 Å². The Balaban J connectivity index is 2.21. The van der Waals surface area contributed by atoms with Crippen LogP contribution >= 0.6 is 23.2 Å². The predicted octanol–water partition coefficient (Wildman–Crippen LogP) is 4.48. The summed E-state index contributed by atoms with van der Waals surface area (Å²) in [5.41, 5.74) is -0.490. The molecule has 0 aliphatic rings. The first kappa shape index (κ1) is 23.3. The summed E-state index contributed by atoms with van der Waals surface area (Å²) in [6.45, 7) is 1.15. The Morgan fingerprint density at radius 3 is 2.34 bits per heavy atom. The molecule has 0 bridgehead atoms. The summed E-state index contributed by atoms with van der Waals surface area (Å²) in [5.74, 6) is -0.695. The van der Waals surface area contributed by atoms with Gasteiger partial charge in [0.15, 0.2) is 0 Å². The van der Waals surface area contributed by atoms with E-state index in [0.29, 0.717) is 0 Å². The van der Waals surface area contributed by atoms with E-state index < -0.39 is 33.7 Å². The summed E-state index contributed by atoms with van der Waals surface area (Å²) in [4.78, 5) is 12.5.